The van der Waals surface area contributed by atoms with Crippen molar-refractivity contribution in [1.29, 1.82) is 0 Å². The summed E-state index contributed by atoms with van der Waals surface area (Å²) < 4.78 is 0. The van der Waals surface area contributed by atoms with Gasteiger partial charge in [0.25, 0.3) is 0 Å². The van der Waals surface area contributed by atoms with E-state index in [4.69, 9.17) is 11.6 Å². The van der Waals surface area contributed by atoms with E-state index in [2.05, 4.69) is 9.88 Å². The number of aromatic nitrogens is 1. The van der Waals surface area contributed by atoms with Crippen molar-refractivity contribution >= 4 is 23.2 Å². The molecule has 0 bridgehead atoms. The maximum absolute atomic E-state index is 12.4. The maximum Gasteiger partial charge on any atom is 0.225 e. The minimum absolute atomic E-state index is 0.289. The summed E-state index contributed by atoms with van der Waals surface area (Å²) in [5.41, 5.74) is 1.10. The van der Waals surface area contributed by atoms with Crippen LogP contribution in [0.1, 0.15) is 25.7 Å². The predicted molar refractivity (Wildman–Crippen MR) is 80.0 cm³/mol. The number of carbonyl (C=O) groups excluding carboxylic acids is 1. The minimum atomic E-state index is 0.289. The zero-order valence-electron chi connectivity index (χ0n) is 11.6. The van der Waals surface area contributed by atoms with Crippen LogP contribution in [0, 0.1) is 5.92 Å². The van der Waals surface area contributed by atoms with Gasteiger partial charge in [-0.15, -0.1) is 0 Å². The van der Waals surface area contributed by atoms with Crippen molar-refractivity contribution in [3.05, 3.63) is 23.5 Å². The molecule has 4 nitrogen and oxygen atoms in total. The number of amides is 1. The van der Waals surface area contributed by atoms with Gasteiger partial charge in [0.1, 0.15) is 5.15 Å². The largest absolute Gasteiger partial charge is 0.368 e. The molecule has 1 saturated heterocycles. The summed E-state index contributed by atoms with van der Waals surface area (Å²) >= 11 is 5.93. The fourth-order valence-electron chi connectivity index (χ4n) is 3.20. The summed E-state index contributed by atoms with van der Waals surface area (Å²) in [6.07, 6.45) is 6.32. The summed E-state index contributed by atoms with van der Waals surface area (Å²) in [4.78, 5) is 20.7. The van der Waals surface area contributed by atoms with Gasteiger partial charge in [-0.1, -0.05) is 24.4 Å². The number of piperazine rings is 1. The molecular formula is C15H20ClN3O. The Labute approximate surface area is 124 Å². The Morgan fingerprint density at radius 2 is 1.90 bits per heavy atom. The van der Waals surface area contributed by atoms with Crippen LogP contribution in [0.3, 0.4) is 0 Å². The monoisotopic (exact) mass is 293 g/mol. The molecule has 3 rings (SSSR count). The fourth-order valence-corrected chi connectivity index (χ4v) is 3.37. The van der Waals surface area contributed by atoms with E-state index >= 15 is 0 Å². The Balaban J connectivity index is 1.58. The van der Waals surface area contributed by atoms with Crippen LogP contribution in [-0.2, 0) is 4.79 Å². The predicted octanol–water partition coefficient (Wildman–Crippen LogP) is 2.57. The molecule has 1 aromatic heterocycles. The second-order valence-corrected chi connectivity index (χ2v) is 6.02. The third kappa shape index (κ3) is 2.90. The van der Waals surface area contributed by atoms with Gasteiger partial charge >= 0.3 is 0 Å². The van der Waals surface area contributed by atoms with E-state index in [0.29, 0.717) is 11.1 Å². The molecule has 1 aliphatic carbocycles. The third-order valence-corrected chi connectivity index (χ3v) is 4.58. The number of hydrogen-bond donors (Lipinski definition) is 0. The first-order chi connectivity index (χ1) is 9.74. The zero-order chi connectivity index (χ0) is 13.9. The van der Waals surface area contributed by atoms with Crippen LogP contribution in [0.5, 0.6) is 0 Å². The lowest BCUT2D eigenvalue weighted by Gasteiger charge is -2.37. The number of rotatable bonds is 2. The smallest absolute Gasteiger partial charge is 0.225 e. The number of anilines is 1. The summed E-state index contributed by atoms with van der Waals surface area (Å²) in [6, 6.07) is 3.86. The lowest BCUT2D eigenvalue weighted by Crippen LogP contribution is -2.50. The van der Waals surface area contributed by atoms with Gasteiger partial charge in [-0.05, 0) is 25.0 Å². The Morgan fingerprint density at radius 3 is 2.55 bits per heavy atom. The van der Waals surface area contributed by atoms with Gasteiger partial charge in [0.05, 0.1) is 0 Å². The van der Waals surface area contributed by atoms with Crippen LogP contribution >= 0.6 is 11.6 Å². The molecule has 0 atom stereocenters. The van der Waals surface area contributed by atoms with E-state index in [1.54, 1.807) is 6.20 Å². The molecule has 2 heterocycles. The fraction of sp³-hybridized carbons (Fsp3) is 0.600. The van der Waals surface area contributed by atoms with Gasteiger partial charge in [-0.2, -0.15) is 0 Å². The molecular weight excluding hydrogens is 274 g/mol. The molecule has 2 aliphatic rings. The number of pyridine rings is 1. The lowest BCUT2D eigenvalue weighted by molar-refractivity contribution is -0.135. The van der Waals surface area contributed by atoms with Gasteiger partial charge in [0.2, 0.25) is 5.91 Å². The molecule has 0 radical (unpaired) electrons. The number of carbonyl (C=O) groups is 1. The lowest BCUT2D eigenvalue weighted by atomic mass is 10.1. The third-order valence-electron chi connectivity index (χ3n) is 4.37. The zero-order valence-corrected chi connectivity index (χ0v) is 12.4. The summed E-state index contributed by atoms with van der Waals surface area (Å²) in [6.45, 7) is 3.38. The second-order valence-electron chi connectivity index (χ2n) is 5.63. The topological polar surface area (TPSA) is 36.4 Å². The van der Waals surface area contributed by atoms with Crippen molar-refractivity contribution in [2.75, 3.05) is 31.1 Å². The van der Waals surface area contributed by atoms with Crippen molar-refractivity contribution in [2.24, 2.45) is 5.92 Å². The maximum atomic E-state index is 12.4. The number of nitrogens with zero attached hydrogens (tertiary/aromatic N) is 3. The second kappa shape index (κ2) is 6.00. The number of halogens is 1. The molecule has 0 N–H and O–H groups in total. The van der Waals surface area contributed by atoms with Crippen LogP contribution in [-0.4, -0.2) is 42.0 Å². The van der Waals surface area contributed by atoms with Crippen LogP contribution in [0.4, 0.5) is 5.69 Å². The molecule has 1 aliphatic heterocycles. The highest BCUT2D eigenvalue weighted by atomic mass is 35.5. The average Bonchev–Trinajstić information content (AvgIpc) is 3.01. The Morgan fingerprint density at radius 1 is 1.20 bits per heavy atom. The first kappa shape index (κ1) is 13.7. The Bertz CT molecular complexity index is 480. The van der Waals surface area contributed by atoms with Gasteiger partial charge < -0.3 is 9.80 Å². The molecule has 5 heteroatoms. The normalized spacial score (nSPS) is 20.4. The SMILES string of the molecule is O=C(C1CCCC1)N1CCN(c2ccnc(Cl)c2)CC1. The van der Waals surface area contributed by atoms with Crippen molar-refractivity contribution in [3.63, 3.8) is 0 Å². The highest BCUT2D eigenvalue weighted by Crippen LogP contribution is 2.27. The van der Waals surface area contributed by atoms with E-state index in [1.165, 1.54) is 12.8 Å². The summed E-state index contributed by atoms with van der Waals surface area (Å²) in [7, 11) is 0. The Hall–Kier alpha value is -1.29. The molecule has 0 spiro atoms. The molecule has 108 valence electrons. The molecule has 1 saturated carbocycles. The highest BCUT2D eigenvalue weighted by molar-refractivity contribution is 6.29. The van der Waals surface area contributed by atoms with Gasteiger partial charge in [0, 0.05) is 44.0 Å². The van der Waals surface area contributed by atoms with Crippen LogP contribution in [0.25, 0.3) is 0 Å². The minimum Gasteiger partial charge on any atom is -0.368 e. The summed E-state index contributed by atoms with van der Waals surface area (Å²) in [5.74, 6) is 0.659. The van der Waals surface area contributed by atoms with E-state index in [9.17, 15) is 4.79 Å². The van der Waals surface area contributed by atoms with Gasteiger partial charge in [0.15, 0.2) is 0 Å². The van der Waals surface area contributed by atoms with E-state index in [-0.39, 0.29) is 5.92 Å². The molecule has 1 amide bonds. The van der Waals surface area contributed by atoms with Crippen molar-refractivity contribution in [1.82, 2.24) is 9.88 Å². The molecule has 0 unspecified atom stereocenters. The molecule has 0 aromatic carbocycles. The van der Waals surface area contributed by atoms with Crippen LogP contribution in [0.2, 0.25) is 5.15 Å². The van der Waals surface area contributed by atoms with Gasteiger partial charge in [-0.3, -0.25) is 4.79 Å². The van der Waals surface area contributed by atoms with Crippen molar-refractivity contribution in [3.8, 4) is 0 Å². The van der Waals surface area contributed by atoms with E-state index < -0.39 is 0 Å². The first-order valence-electron chi connectivity index (χ1n) is 7.39. The average molecular weight is 294 g/mol. The summed E-state index contributed by atoms with van der Waals surface area (Å²) in [5, 5.41) is 0.520. The first-order valence-corrected chi connectivity index (χ1v) is 7.77. The number of hydrogen-bond acceptors (Lipinski definition) is 3. The van der Waals surface area contributed by atoms with Gasteiger partial charge in [-0.25, -0.2) is 4.98 Å². The van der Waals surface area contributed by atoms with Crippen molar-refractivity contribution in [2.45, 2.75) is 25.7 Å². The van der Waals surface area contributed by atoms with E-state index in [0.717, 1.165) is 44.7 Å². The van der Waals surface area contributed by atoms with Crippen LogP contribution in [0.15, 0.2) is 18.3 Å². The molecule has 20 heavy (non-hydrogen) atoms. The molecule has 2 fully saturated rings. The van der Waals surface area contributed by atoms with Crippen LogP contribution < -0.4 is 4.90 Å². The van der Waals surface area contributed by atoms with Crippen molar-refractivity contribution < 1.29 is 4.79 Å². The quantitative estimate of drug-likeness (QED) is 0.787. The molecule has 1 aromatic rings. The highest BCUT2D eigenvalue weighted by Gasteiger charge is 2.29. The Kier molecular flexibility index (Phi) is 4.10. The standard InChI is InChI=1S/C15H20ClN3O/c16-14-11-13(5-6-17-14)18-7-9-19(10-8-18)15(20)12-3-1-2-4-12/h5-6,11-12H,1-4,7-10H2. The van der Waals surface area contributed by atoms with E-state index in [1.807, 2.05) is 17.0 Å².